The van der Waals surface area contributed by atoms with Crippen molar-refractivity contribution in [2.45, 2.75) is 18.6 Å². The van der Waals surface area contributed by atoms with E-state index in [4.69, 9.17) is 27.9 Å². The summed E-state index contributed by atoms with van der Waals surface area (Å²) >= 11 is 11.9. The Kier molecular flexibility index (Phi) is 4.68. The Morgan fingerprint density at radius 3 is 2.53 bits per heavy atom. The van der Waals surface area contributed by atoms with Crippen molar-refractivity contribution in [2.24, 2.45) is 0 Å². The molecule has 6 heteroatoms. The topological polar surface area (TPSA) is 49.8 Å². The molecule has 1 aliphatic rings. The number of β-amino-alcohol motifs (C(OH)–C–C–N with tert-alkyl or cyclic N) is 1. The lowest BCUT2D eigenvalue weighted by Crippen LogP contribution is -2.33. The van der Waals surface area contributed by atoms with E-state index in [9.17, 15) is 9.90 Å². The Morgan fingerprint density at radius 2 is 2.05 bits per heavy atom. The van der Waals surface area contributed by atoms with Crippen LogP contribution in [0.25, 0.3) is 0 Å². The van der Waals surface area contributed by atoms with Gasteiger partial charge in [0, 0.05) is 23.1 Å². The smallest absolute Gasteiger partial charge is 0.327 e. The van der Waals surface area contributed by atoms with Crippen LogP contribution in [0.5, 0.6) is 0 Å². The predicted octanol–water partition coefficient (Wildman–Crippen LogP) is 2.27. The average molecular weight is 304 g/mol. The molecule has 0 amide bonds. The molecule has 0 bridgehead atoms. The number of benzene rings is 1. The van der Waals surface area contributed by atoms with Crippen molar-refractivity contribution < 1.29 is 14.6 Å². The highest BCUT2D eigenvalue weighted by atomic mass is 35.5. The number of hydrogen-bond acceptors (Lipinski definition) is 4. The molecule has 1 aromatic carbocycles. The molecule has 1 aliphatic heterocycles. The Balaban J connectivity index is 2.34. The largest absolute Gasteiger partial charge is 0.468 e. The summed E-state index contributed by atoms with van der Waals surface area (Å²) in [6.45, 7) is 1.06. The standard InChI is InChI=1S/C13H15Cl2NO3/c1-19-13(18)12(16-3-2-11(17)7-16)8-4-9(14)6-10(15)5-8/h4-6,11-12,17H,2-3,7H2,1H3/t11-,12-/m1/s1. The fraction of sp³-hybridized carbons (Fsp3) is 0.462. The highest BCUT2D eigenvalue weighted by molar-refractivity contribution is 6.34. The quantitative estimate of drug-likeness (QED) is 0.870. The fourth-order valence-corrected chi connectivity index (χ4v) is 2.89. The lowest BCUT2D eigenvalue weighted by molar-refractivity contribution is -0.147. The second kappa shape index (κ2) is 6.09. The summed E-state index contributed by atoms with van der Waals surface area (Å²) in [5, 5.41) is 10.6. The van der Waals surface area contributed by atoms with Crippen molar-refractivity contribution in [2.75, 3.05) is 20.2 Å². The first-order valence-electron chi connectivity index (χ1n) is 5.97. The molecule has 1 fully saturated rings. The summed E-state index contributed by atoms with van der Waals surface area (Å²) in [4.78, 5) is 13.9. The van der Waals surface area contributed by atoms with Gasteiger partial charge in [-0.3, -0.25) is 4.90 Å². The van der Waals surface area contributed by atoms with Crippen molar-refractivity contribution in [3.8, 4) is 0 Å². The lowest BCUT2D eigenvalue weighted by Gasteiger charge is -2.25. The van der Waals surface area contributed by atoms with Gasteiger partial charge < -0.3 is 9.84 Å². The number of halogens is 2. The second-order valence-electron chi connectivity index (χ2n) is 4.57. The van der Waals surface area contributed by atoms with Gasteiger partial charge in [-0.05, 0) is 30.2 Å². The molecule has 1 saturated heterocycles. The average Bonchev–Trinajstić information content (AvgIpc) is 2.74. The monoisotopic (exact) mass is 303 g/mol. The van der Waals surface area contributed by atoms with Crippen LogP contribution in [-0.4, -0.2) is 42.3 Å². The molecular weight excluding hydrogens is 289 g/mol. The van der Waals surface area contributed by atoms with E-state index in [0.29, 0.717) is 35.1 Å². The number of nitrogens with zero attached hydrogens (tertiary/aromatic N) is 1. The van der Waals surface area contributed by atoms with Crippen LogP contribution in [0.1, 0.15) is 18.0 Å². The molecule has 1 N–H and O–H groups in total. The van der Waals surface area contributed by atoms with Gasteiger partial charge in [0.1, 0.15) is 6.04 Å². The maximum atomic E-state index is 12.0. The van der Waals surface area contributed by atoms with Gasteiger partial charge in [0.25, 0.3) is 0 Å². The van der Waals surface area contributed by atoms with E-state index in [1.807, 2.05) is 4.90 Å². The molecule has 0 spiro atoms. The molecule has 0 aliphatic carbocycles. The highest BCUT2D eigenvalue weighted by Gasteiger charge is 2.33. The fourth-order valence-electron chi connectivity index (χ4n) is 2.34. The van der Waals surface area contributed by atoms with Crippen LogP contribution in [0, 0.1) is 0 Å². The van der Waals surface area contributed by atoms with Gasteiger partial charge in [0.15, 0.2) is 0 Å². The van der Waals surface area contributed by atoms with Crippen molar-refractivity contribution in [3.63, 3.8) is 0 Å². The summed E-state index contributed by atoms with van der Waals surface area (Å²) in [5.41, 5.74) is 0.679. The molecule has 0 unspecified atom stereocenters. The molecule has 0 radical (unpaired) electrons. The SMILES string of the molecule is COC(=O)[C@@H](c1cc(Cl)cc(Cl)c1)N1CC[C@@H](O)C1. The number of aliphatic hydroxyl groups is 1. The van der Waals surface area contributed by atoms with E-state index in [0.717, 1.165) is 0 Å². The Labute approximate surface area is 121 Å². The number of aliphatic hydroxyl groups excluding tert-OH is 1. The molecule has 19 heavy (non-hydrogen) atoms. The molecular formula is C13H15Cl2NO3. The number of carbonyl (C=O) groups excluding carboxylic acids is 1. The Morgan fingerprint density at radius 1 is 1.42 bits per heavy atom. The molecule has 1 heterocycles. The van der Waals surface area contributed by atoms with Gasteiger partial charge in [0.2, 0.25) is 0 Å². The van der Waals surface area contributed by atoms with Gasteiger partial charge in [-0.25, -0.2) is 4.79 Å². The van der Waals surface area contributed by atoms with E-state index in [1.54, 1.807) is 18.2 Å². The van der Waals surface area contributed by atoms with Crippen LogP contribution in [0.3, 0.4) is 0 Å². The van der Waals surface area contributed by atoms with Crippen molar-refractivity contribution in [1.29, 1.82) is 0 Å². The van der Waals surface area contributed by atoms with Crippen molar-refractivity contribution in [3.05, 3.63) is 33.8 Å². The second-order valence-corrected chi connectivity index (χ2v) is 5.44. The molecule has 104 valence electrons. The lowest BCUT2D eigenvalue weighted by atomic mass is 10.1. The predicted molar refractivity (Wildman–Crippen MR) is 73.4 cm³/mol. The minimum absolute atomic E-state index is 0.382. The molecule has 1 aromatic rings. The van der Waals surface area contributed by atoms with E-state index in [1.165, 1.54) is 7.11 Å². The number of rotatable bonds is 3. The van der Waals surface area contributed by atoms with Crippen LogP contribution in [0.4, 0.5) is 0 Å². The first kappa shape index (κ1) is 14.6. The number of ether oxygens (including phenoxy) is 1. The van der Waals surface area contributed by atoms with E-state index < -0.39 is 12.1 Å². The van der Waals surface area contributed by atoms with E-state index in [-0.39, 0.29) is 5.97 Å². The number of hydrogen-bond donors (Lipinski definition) is 1. The normalized spacial score (nSPS) is 21.4. The highest BCUT2D eigenvalue weighted by Crippen LogP contribution is 2.30. The minimum atomic E-state index is -0.585. The molecule has 4 nitrogen and oxygen atoms in total. The molecule has 2 rings (SSSR count). The van der Waals surface area contributed by atoms with Crippen LogP contribution < -0.4 is 0 Å². The maximum absolute atomic E-state index is 12.0. The number of methoxy groups -OCH3 is 1. The van der Waals surface area contributed by atoms with Crippen molar-refractivity contribution >= 4 is 29.2 Å². The minimum Gasteiger partial charge on any atom is -0.468 e. The van der Waals surface area contributed by atoms with Crippen LogP contribution in [0.2, 0.25) is 10.0 Å². The Hall–Kier alpha value is -0.810. The van der Waals surface area contributed by atoms with Gasteiger partial charge in [-0.15, -0.1) is 0 Å². The zero-order valence-electron chi connectivity index (χ0n) is 10.5. The first-order chi connectivity index (χ1) is 9.01. The van der Waals surface area contributed by atoms with Gasteiger partial charge >= 0.3 is 5.97 Å². The van der Waals surface area contributed by atoms with Crippen LogP contribution in [-0.2, 0) is 9.53 Å². The van der Waals surface area contributed by atoms with Crippen molar-refractivity contribution in [1.82, 2.24) is 4.90 Å². The van der Waals surface area contributed by atoms with E-state index >= 15 is 0 Å². The van der Waals surface area contributed by atoms with Crippen LogP contribution in [0.15, 0.2) is 18.2 Å². The third kappa shape index (κ3) is 3.39. The molecule has 0 saturated carbocycles. The zero-order chi connectivity index (χ0) is 14.0. The van der Waals surface area contributed by atoms with Gasteiger partial charge in [-0.2, -0.15) is 0 Å². The summed E-state index contributed by atoms with van der Waals surface area (Å²) < 4.78 is 4.85. The van der Waals surface area contributed by atoms with Gasteiger partial charge in [0.05, 0.1) is 13.2 Å². The number of esters is 1. The summed E-state index contributed by atoms with van der Waals surface area (Å²) in [5.74, 6) is -0.382. The summed E-state index contributed by atoms with van der Waals surface area (Å²) in [6, 6.07) is 4.41. The number of likely N-dealkylation sites (tertiary alicyclic amines) is 1. The van der Waals surface area contributed by atoms with Gasteiger partial charge in [-0.1, -0.05) is 23.2 Å². The third-order valence-corrected chi connectivity index (χ3v) is 3.62. The third-order valence-electron chi connectivity index (χ3n) is 3.19. The molecule has 0 aromatic heterocycles. The first-order valence-corrected chi connectivity index (χ1v) is 6.73. The van der Waals surface area contributed by atoms with E-state index in [2.05, 4.69) is 0 Å². The molecule has 2 atom stereocenters. The number of carbonyl (C=O) groups is 1. The summed E-state index contributed by atoms with van der Waals surface area (Å²) in [6.07, 6.45) is 0.226. The summed E-state index contributed by atoms with van der Waals surface area (Å²) in [7, 11) is 1.34. The van der Waals surface area contributed by atoms with Crippen LogP contribution >= 0.6 is 23.2 Å². The Bertz CT molecular complexity index is 461. The zero-order valence-corrected chi connectivity index (χ0v) is 12.0. The maximum Gasteiger partial charge on any atom is 0.327 e.